The smallest absolute Gasteiger partial charge is 0.329 e. The van der Waals surface area contributed by atoms with Crippen molar-refractivity contribution in [1.29, 1.82) is 0 Å². The number of nitrogens with one attached hydrogen (secondary N) is 2. The Morgan fingerprint density at radius 2 is 2.00 bits per heavy atom. The number of aliphatic carboxylic acids is 1. The number of carboxylic acid groups (broad SMARTS) is 1. The van der Waals surface area contributed by atoms with Crippen molar-refractivity contribution in [3.8, 4) is 0 Å². The van der Waals surface area contributed by atoms with Crippen LogP contribution in [0.25, 0.3) is 0 Å². The molecule has 1 unspecified atom stereocenters. The van der Waals surface area contributed by atoms with Gasteiger partial charge in [-0.15, -0.1) is 0 Å². The van der Waals surface area contributed by atoms with E-state index in [0.717, 1.165) is 0 Å². The second-order valence-electron chi connectivity index (χ2n) is 6.08. The van der Waals surface area contributed by atoms with E-state index in [2.05, 4.69) is 29.5 Å². The zero-order valence-corrected chi connectivity index (χ0v) is 12.7. The van der Waals surface area contributed by atoms with Crippen LogP contribution in [0.2, 0.25) is 0 Å². The van der Waals surface area contributed by atoms with Gasteiger partial charge in [-0.05, 0) is 26.8 Å². The minimum Gasteiger partial charge on any atom is -0.480 e. The van der Waals surface area contributed by atoms with Crippen LogP contribution < -0.4 is 10.6 Å². The van der Waals surface area contributed by atoms with Gasteiger partial charge < -0.3 is 20.5 Å². The maximum absolute atomic E-state index is 12.0. The summed E-state index contributed by atoms with van der Waals surface area (Å²) in [5, 5.41) is 14.8. The van der Waals surface area contributed by atoms with E-state index in [0.29, 0.717) is 38.6 Å². The molecule has 0 radical (unpaired) electrons. The summed E-state index contributed by atoms with van der Waals surface area (Å²) in [6.07, 6.45) is 3.03. The molecular weight excluding hydrogens is 274 g/mol. The number of ether oxygens (including phenoxy) is 1. The van der Waals surface area contributed by atoms with E-state index in [-0.39, 0.29) is 6.04 Å². The van der Waals surface area contributed by atoms with Gasteiger partial charge in [0, 0.05) is 44.7 Å². The van der Waals surface area contributed by atoms with Gasteiger partial charge in [0.05, 0.1) is 0 Å². The largest absolute Gasteiger partial charge is 0.480 e. The van der Waals surface area contributed by atoms with Crippen LogP contribution in [-0.4, -0.2) is 66.4 Å². The summed E-state index contributed by atoms with van der Waals surface area (Å²) in [6.45, 7) is 3.27. The van der Waals surface area contributed by atoms with Gasteiger partial charge in [-0.2, -0.15) is 0 Å². The van der Waals surface area contributed by atoms with Crippen LogP contribution >= 0.6 is 0 Å². The fraction of sp³-hybridized carbons (Fsp3) is 0.857. The fourth-order valence-corrected chi connectivity index (χ4v) is 2.60. The van der Waals surface area contributed by atoms with Gasteiger partial charge in [-0.25, -0.2) is 9.59 Å². The standard InChI is InChI=1S/C14H25N3O4/c1-10(17(2)11-3-4-11)9-15-13(20)16-14(12(18)19)5-7-21-8-6-14/h10-11H,3-9H2,1-2H3,(H,18,19)(H2,15,16,20). The summed E-state index contributed by atoms with van der Waals surface area (Å²) in [4.78, 5) is 25.7. The van der Waals surface area contributed by atoms with E-state index < -0.39 is 17.5 Å². The Morgan fingerprint density at radius 1 is 1.38 bits per heavy atom. The van der Waals surface area contributed by atoms with Crippen LogP contribution in [0.3, 0.4) is 0 Å². The highest BCUT2D eigenvalue weighted by Gasteiger charge is 2.41. The van der Waals surface area contributed by atoms with E-state index in [1.165, 1.54) is 12.8 Å². The van der Waals surface area contributed by atoms with E-state index in [1.807, 2.05) is 0 Å². The number of carbonyl (C=O) groups is 2. The number of hydrogen-bond donors (Lipinski definition) is 3. The second kappa shape index (κ2) is 6.62. The summed E-state index contributed by atoms with van der Waals surface area (Å²) in [5.74, 6) is -0.996. The lowest BCUT2D eigenvalue weighted by molar-refractivity contribution is -0.148. The molecule has 120 valence electrons. The van der Waals surface area contributed by atoms with Crippen molar-refractivity contribution in [3.05, 3.63) is 0 Å². The van der Waals surface area contributed by atoms with Crippen molar-refractivity contribution in [1.82, 2.24) is 15.5 Å². The molecule has 1 aliphatic carbocycles. The van der Waals surface area contributed by atoms with Gasteiger partial charge in [0.1, 0.15) is 5.54 Å². The summed E-state index contributed by atoms with van der Waals surface area (Å²) in [6, 6.07) is 0.444. The molecule has 2 rings (SSSR count). The van der Waals surface area contributed by atoms with Crippen LogP contribution in [0.15, 0.2) is 0 Å². The zero-order valence-electron chi connectivity index (χ0n) is 12.7. The topological polar surface area (TPSA) is 90.9 Å². The van der Waals surface area contributed by atoms with Gasteiger partial charge in [-0.3, -0.25) is 4.90 Å². The van der Waals surface area contributed by atoms with Crippen molar-refractivity contribution in [2.75, 3.05) is 26.8 Å². The number of likely N-dealkylation sites (N-methyl/N-ethyl adjacent to an activating group) is 1. The summed E-state index contributed by atoms with van der Waals surface area (Å²) in [7, 11) is 2.05. The highest BCUT2D eigenvalue weighted by molar-refractivity contribution is 5.86. The van der Waals surface area contributed by atoms with Crippen LogP contribution in [0.4, 0.5) is 4.79 Å². The first-order valence-corrected chi connectivity index (χ1v) is 7.54. The maximum atomic E-state index is 12.0. The summed E-state index contributed by atoms with van der Waals surface area (Å²) < 4.78 is 5.18. The third kappa shape index (κ3) is 4.07. The van der Waals surface area contributed by atoms with Crippen molar-refractivity contribution in [3.63, 3.8) is 0 Å². The molecule has 7 nitrogen and oxygen atoms in total. The molecule has 21 heavy (non-hydrogen) atoms. The van der Waals surface area contributed by atoms with E-state index in [9.17, 15) is 14.7 Å². The first-order valence-electron chi connectivity index (χ1n) is 7.54. The molecule has 7 heteroatoms. The first-order chi connectivity index (χ1) is 9.94. The van der Waals surface area contributed by atoms with Gasteiger partial charge in [-0.1, -0.05) is 0 Å². The molecule has 0 bridgehead atoms. The molecule has 1 aliphatic heterocycles. The SMILES string of the molecule is CC(CNC(=O)NC1(C(=O)O)CCOCC1)N(C)C1CC1. The van der Waals surface area contributed by atoms with Gasteiger partial charge in [0.15, 0.2) is 0 Å². The lowest BCUT2D eigenvalue weighted by atomic mass is 9.90. The predicted octanol–water partition coefficient (Wildman–Crippen LogP) is 0.402. The minimum absolute atomic E-state index is 0.235. The Balaban J connectivity index is 1.80. The van der Waals surface area contributed by atoms with Gasteiger partial charge in [0.2, 0.25) is 0 Å². The lowest BCUT2D eigenvalue weighted by Crippen LogP contribution is -2.60. The third-order valence-electron chi connectivity index (χ3n) is 4.48. The Morgan fingerprint density at radius 3 is 2.52 bits per heavy atom. The fourth-order valence-electron chi connectivity index (χ4n) is 2.60. The highest BCUT2D eigenvalue weighted by Crippen LogP contribution is 2.26. The summed E-state index contributed by atoms with van der Waals surface area (Å²) in [5.41, 5.74) is -1.20. The second-order valence-corrected chi connectivity index (χ2v) is 6.08. The van der Waals surface area contributed by atoms with Crippen LogP contribution in [0.1, 0.15) is 32.6 Å². The molecule has 0 aromatic carbocycles. The molecule has 2 fully saturated rings. The number of carbonyl (C=O) groups excluding carboxylic acids is 1. The van der Waals surface area contributed by atoms with Crippen LogP contribution in [0.5, 0.6) is 0 Å². The number of urea groups is 1. The van der Waals surface area contributed by atoms with Crippen molar-refractivity contribution in [2.24, 2.45) is 0 Å². The van der Waals surface area contributed by atoms with Crippen molar-refractivity contribution < 1.29 is 19.4 Å². The van der Waals surface area contributed by atoms with Gasteiger partial charge in [0.25, 0.3) is 0 Å². The molecule has 0 aromatic heterocycles. The van der Waals surface area contributed by atoms with E-state index in [4.69, 9.17) is 4.74 Å². The number of carboxylic acids is 1. The molecule has 3 N–H and O–H groups in total. The average molecular weight is 299 g/mol. The maximum Gasteiger partial charge on any atom is 0.329 e. The molecule has 2 aliphatic rings. The van der Waals surface area contributed by atoms with E-state index >= 15 is 0 Å². The third-order valence-corrected chi connectivity index (χ3v) is 4.48. The molecular formula is C14H25N3O4. The minimum atomic E-state index is -1.20. The monoisotopic (exact) mass is 299 g/mol. The lowest BCUT2D eigenvalue weighted by Gasteiger charge is -2.34. The molecule has 0 spiro atoms. The average Bonchev–Trinajstić information content (AvgIpc) is 3.29. The summed E-state index contributed by atoms with van der Waals surface area (Å²) >= 11 is 0. The van der Waals surface area contributed by atoms with E-state index in [1.54, 1.807) is 0 Å². The van der Waals surface area contributed by atoms with Gasteiger partial charge >= 0.3 is 12.0 Å². The molecule has 1 atom stereocenters. The Kier molecular flexibility index (Phi) is 5.05. The van der Waals surface area contributed by atoms with Crippen molar-refractivity contribution in [2.45, 2.75) is 50.2 Å². The predicted molar refractivity (Wildman–Crippen MR) is 77.2 cm³/mol. The number of amides is 2. The molecule has 1 saturated heterocycles. The highest BCUT2D eigenvalue weighted by atomic mass is 16.5. The molecule has 1 heterocycles. The first kappa shape index (κ1) is 16.0. The Hall–Kier alpha value is -1.34. The molecule has 1 saturated carbocycles. The normalized spacial score (nSPS) is 22.6. The van der Waals surface area contributed by atoms with Crippen LogP contribution in [0, 0.1) is 0 Å². The van der Waals surface area contributed by atoms with Crippen LogP contribution in [-0.2, 0) is 9.53 Å². The number of hydrogen-bond acceptors (Lipinski definition) is 4. The number of nitrogens with zero attached hydrogens (tertiary/aromatic N) is 1. The molecule has 0 aromatic rings. The molecule has 2 amide bonds. The Bertz CT molecular complexity index is 392. The van der Waals surface area contributed by atoms with Crippen molar-refractivity contribution >= 4 is 12.0 Å². The Labute approximate surface area is 125 Å². The quantitative estimate of drug-likeness (QED) is 0.660. The zero-order chi connectivity index (χ0) is 15.5. The number of rotatable bonds is 6.